The van der Waals surface area contributed by atoms with Crippen molar-refractivity contribution >= 4 is 35.4 Å². The minimum absolute atomic E-state index is 0.0420. The van der Waals surface area contributed by atoms with E-state index in [-0.39, 0.29) is 49.0 Å². The number of H-pyrrole nitrogens is 1. The zero-order valence-electron chi connectivity index (χ0n) is 29.2. The number of primary amides is 1. The molecule has 0 saturated carbocycles. The summed E-state index contributed by atoms with van der Waals surface area (Å²) in [5.74, 6) is -2.97. The van der Waals surface area contributed by atoms with Gasteiger partial charge in [-0.05, 0) is 44.4 Å². The van der Waals surface area contributed by atoms with Gasteiger partial charge in [0.2, 0.25) is 29.5 Å². The minimum Gasteiger partial charge on any atom is -0.370 e. The third-order valence-electron chi connectivity index (χ3n) is 7.84. The van der Waals surface area contributed by atoms with E-state index in [0.717, 1.165) is 0 Å². The Morgan fingerprint density at radius 2 is 1.43 bits per heavy atom. The van der Waals surface area contributed by atoms with E-state index in [9.17, 15) is 28.8 Å². The fourth-order valence-electron chi connectivity index (χ4n) is 4.85. The first-order valence-electron chi connectivity index (χ1n) is 16.6. The van der Waals surface area contributed by atoms with E-state index in [1.807, 2.05) is 41.5 Å². The number of carbonyl (C=O) groups is 6. The maximum absolute atomic E-state index is 13.6. The number of likely N-dealkylation sites (N-methyl/N-ethyl adjacent to an activating group) is 1. The number of amides is 6. The number of nitrogens with two attached hydrogens (primary N) is 1. The van der Waals surface area contributed by atoms with Crippen LogP contribution in [0.3, 0.4) is 0 Å². The van der Waals surface area contributed by atoms with Gasteiger partial charge in [0.15, 0.2) is 12.4 Å². The highest BCUT2D eigenvalue weighted by Gasteiger charge is 2.32. The van der Waals surface area contributed by atoms with E-state index in [2.05, 4.69) is 36.9 Å². The molecule has 1 aromatic heterocycles. The number of nitrogens with one attached hydrogen (secondary N) is 7. The van der Waals surface area contributed by atoms with Crippen molar-refractivity contribution in [1.29, 1.82) is 0 Å². The predicted molar refractivity (Wildman–Crippen MR) is 178 cm³/mol. The molecule has 0 bridgehead atoms. The third-order valence-corrected chi connectivity index (χ3v) is 7.84. The van der Waals surface area contributed by atoms with Crippen molar-refractivity contribution in [2.45, 2.75) is 111 Å². The van der Waals surface area contributed by atoms with Crippen LogP contribution in [0.2, 0.25) is 0 Å². The van der Waals surface area contributed by atoms with E-state index in [1.165, 1.54) is 0 Å². The van der Waals surface area contributed by atoms with Crippen LogP contribution < -0.4 is 42.6 Å². The van der Waals surface area contributed by atoms with Gasteiger partial charge in [-0.3, -0.25) is 28.8 Å². The van der Waals surface area contributed by atoms with Crippen LogP contribution in [0.5, 0.6) is 0 Å². The number of hydrogen-bond acceptors (Lipinski definition) is 7. The summed E-state index contributed by atoms with van der Waals surface area (Å²) in [6, 6.07) is -0.680. The maximum Gasteiger partial charge on any atom is 0.252 e. The maximum atomic E-state index is 13.6. The summed E-state index contributed by atoms with van der Waals surface area (Å²) in [6.07, 6.45) is 4.14. The Balaban J connectivity index is 3.06. The number of hydrogen-bond donors (Lipinski definition) is 7. The lowest BCUT2D eigenvalue weighted by molar-refractivity contribution is -0.378. The van der Waals surface area contributed by atoms with Gasteiger partial charge in [0, 0.05) is 37.7 Å². The minimum atomic E-state index is -1.11. The molecule has 264 valence electrons. The van der Waals surface area contributed by atoms with Gasteiger partial charge in [0.1, 0.15) is 18.1 Å². The Kier molecular flexibility index (Phi) is 18.2. The number of aromatic amines is 1. The molecule has 1 heterocycles. The molecule has 0 aliphatic heterocycles. The summed E-state index contributed by atoms with van der Waals surface area (Å²) in [7, 11) is 0. The van der Waals surface area contributed by atoms with Crippen LogP contribution in [0.25, 0.3) is 0 Å². The van der Waals surface area contributed by atoms with Crippen LogP contribution in [0.4, 0.5) is 0 Å². The lowest BCUT2D eigenvalue weighted by Gasteiger charge is -2.29. The van der Waals surface area contributed by atoms with Crippen molar-refractivity contribution in [3.05, 3.63) is 30.1 Å². The molecule has 0 saturated heterocycles. The van der Waals surface area contributed by atoms with Crippen molar-refractivity contribution in [2.75, 3.05) is 13.1 Å². The highest BCUT2D eigenvalue weighted by molar-refractivity contribution is 5.98. The fourth-order valence-corrected chi connectivity index (χ4v) is 4.85. The van der Waals surface area contributed by atoms with Gasteiger partial charge in [-0.15, -0.1) is 0 Å². The molecule has 0 aromatic carbocycles. The van der Waals surface area contributed by atoms with Crippen LogP contribution in [-0.2, 0) is 24.0 Å². The first-order valence-corrected chi connectivity index (χ1v) is 16.6. The monoisotopic (exact) mass is 661 g/mol. The first-order chi connectivity index (χ1) is 22.1. The molecule has 0 aliphatic carbocycles. The van der Waals surface area contributed by atoms with Crippen LogP contribution in [0.15, 0.2) is 24.5 Å². The highest BCUT2D eigenvalue weighted by atomic mass is 16.2. The molecule has 6 atom stereocenters. The van der Waals surface area contributed by atoms with Crippen molar-refractivity contribution < 1.29 is 33.8 Å². The summed E-state index contributed by atoms with van der Waals surface area (Å²) >= 11 is 0. The first kappa shape index (κ1) is 41.0. The average molecular weight is 662 g/mol. The Hall–Kier alpha value is -4.07. The van der Waals surface area contributed by atoms with Gasteiger partial charge >= 0.3 is 0 Å². The Bertz CT molecular complexity index is 1180. The summed E-state index contributed by atoms with van der Waals surface area (Å²) in [5, 5.41) is 17.2. The molecule has 0 spiro atoms. The van der Waals surface area contributed by atoms with Gasteiger partial charge < -0.3 is 37.6 Å². The molecule has 14 nitrogen and oxygen atoms in total. The molecule has 9 N–H and O–H groups in total. The van der Waals surface area contributed by atoms with Crippen molar-refractivity contribution in [2.24, 2.45) is 23.5 Å². The topological polar surface area (TPSA) is 215 Å². The number of aromatic nitrogens is 1. The van der Waals surface area contributed by atoms with Crippen LogP contribution in [-0.4, -0.2) is 78.7 Å². The Morgan fingerprint density at radius 1 is 0.787 bits per heavy atom. The second kappa shape index (κ2) is 20.9. The van der Waals surface area contributed by atoms with E-state index >= 15 is 0 Å². The quantitative estimate of drug-likeness (QED) is 0.0970. The molecule has 0 fully saturated rings. The Morgan fingerprint density at radius 3 is 1.96 bits per heavy atom. The summed E-state index contributed by atoms with van der Waals surface area (Å²) in [4.78, 5) is 79.9. The van der Waals surface area contributed by atoms with Gasteiger partial charge in [0.25, 0.3) is 5.91 Å². The van der Waals surface area contributed by atoms with Crippen LogP contribution >= 0.6 is 0 Å². The molecule has 3 unspecified atom stereocenters. The largest absolute Gasteiger partial charge is 0.370 e. The standard InChI is InChI=1S/C33H56N8O6/c1-9-21(7)28(41-30(44)23-13-15-35-16-14-23)33(47)39-25(11-12-26(34)42)31(45)38-24(17-19(3)4)18-37-22(8)29(43)40-27(20(5)6)32(46)36-10-2/h13-16,19-22,24-25,27-28,37H,9-12,17-18H2,1-8H3,(H2,34,42)(H,36,46)(H,38,45)(H,39,47)(H,40,43)(H,41,44)/p+1/t21-,22-,24?,25-,27?,28?/m0/s1. The Labute approximate surface area is 278 Å². The molecule has 6 amide bonds. The van der Waals surface area contributed by atoms with Crippen LogP contribution in [0, 0.1) is 17.8 Å². The average Bonchev–Trinajstić information content (AvgIpc) is 3.02. The van der Waals surface area contributed by atoms with E-state index < -0.39 is 53.8 Å². The summed E-state index contributed by atoms with van der Waals surface area (Å²) < 4.78 is 0. The van der Waals surface area contributed by atoms with Gasteiger partial charge in [-0.25, -0.2) is 4.98 Å². The van der Waals surface area contributed by atoms with Gasteiger partial charge in [0.05, 0.1) is 11.6 Å². The number of rotatable bonds is 21. The lowest BCUT2D eigenvalue weighted by Crippen LogP contribution is -2.58. The van der Waals surface area contributed by atoms with Crippen molar-refractivity contribution in [3.63, 3.8) is 0 Å². The van der Waals surface area contributed by atoms with Crippen molar-refractivity contribution in [3.8, 4) is 0 Å². The lowest BCUT2D eigenvalue weighted by atomic mass is 9.97. The van der Waals surface area contributed by atoms with E-state index in [4.69, 9.17) is 5.73 Å². The summed E-state index contributed by atoms with van der Waals surface area (Å²) in [6.45, 7) is 15.5. The van der Waals surface area contributed by atoms with Gasteiger partial charge in [-0.1, -0.05) is 48.0 Å². The SMILES string of the molecule is CCNC(=O)C(NC(=O)[C@H](C)NCC(CC(C)C)NC(=O)[C@H](CCC(N)=O)NC(=O)C(NC(=O)c1cc[nH+]cc1)[C@@H](C)CC)C(C)C. The van der Waals surface area contributed by atoms with Gasteiger partial charge in [-0.2, -0.15) is 0 Å². The van der Waals surface area contributed by atoms with E-state index in [1.54, 1.807) is 38.4 Å². The zero-order chi connectivity index (χ0) is 35.7. The highest BCUT2D eigenvalue weighted by Crippen LogP contribution is 2.12. The fraction of sp³-hybridized carbons (Fsp3) is 0.667. The molecule has 47 heavy (non-hydrogen) atoms. The zero-order valence-corrected chi connectivity index (χ0v) is 29.2. The third kappa shape index (κ3) is 14.9. The molecular formula is C33H57N8O6+. The predicted octanol–water partition coefficient (Wildman–Crippen LogP) is 0.181. The second-order valence-electron chi connectivity index (χ2n) is 12.8. The smallest absolute Gasteiger partial charge is 0.252 e. The molecular weight excluding hydrogens is 604 g/mol. The summed E-state index contributed by atoms with van der Waals surface area (Å²) in [5.41, 5.74) is 5.75. The van der Waals surface area contributed by atoms with Crippen molar-refractivity contribution in [1.82, 2.24) is 31.9 Å². The normalized spacial score (nSPS) is 15.0. The van der Waals surface area contributed by atoms with E-state index in [0.29, 0.717) is 24.9 Å². The second-order valence-corrected chi connectivity index (χ2v) is 12.8. The molecule has 0 radical (unpaired) electrons. The van der Waals surface area contributed by atoms with Crippen LogP contribution in [0.1, 0.15) is 91.4 Å². The number of pyridine rings is 1. The molecule has 0 aliphatic rings. The molecule has 14 heteroatoms. The molecule has 1 rings (SSSR count). The number of carbonyl (C=O) groups excluding carboxylic acids is 6. The molecule has 1 aromatic rings.